The molecule has 1 unspecified atom stereocenters. The Morgan fingerprint density at radius 2 is 2.00 bits per heavy atom. The summed E-state index contributed by atoms with van der Waals surface area (Å²) in [5.74, 6) is 2.03. The molecule has 0 radical (unpaired) electrons. The Balaban J connectivity index is 1.89. The molecule has 6 nitrogen and oxygen atoms in total. The lowest BCUT2D eigenvalue weighted by Crippen LogP contribution is -2.07. The molecule has 3 rings (SSSR count). The second-order valence-corrected chi connectivity index (χ2v) is 8.31. The molecule has 0 saturated heterocycles. The van der Waals surface area contributed by atoms with Gasteiger partial charge in [0.1, 0.15) is 5.82 Å². The molecular formula is C18H22Br2N6. The molecular weight excluding hydrogens is 460 g/mol. The normalized spacial score (nSPS) is 12.5. The largest absolute Gasteiger partial charge is 0.337 e. The molecule has 2 heterocycles. The minimum Gasteiger partial charge on any atom is -0.337 e. The highest BCUT2D eigenvalue weighted by molar-refractivity contribution is 9.11. The summed E-state index contributed by atoms with van der Waals surface area (Å²) in [5, 5.41) is 12.0. The molecule has 1 atom stereocenters. The number of fused-ring (bicyclic) bond motifs is 1. The van der Waals surface area contributed by atoms with Crippen LogP contribution in [0.3, 0.4) is 0 Å². The van der Waals surface area contributed by atoms with E-state index in [-0.39, 0.29) is 0 Å². The van der Waals surface area contributed by atoms with Gasteiger partial charge in [-0.05, 0) is 53.4 Å². The van der Waals surface area contributed by atoms with Crippen LogP contribution in [0.4, 0.5) is 11.5 Å². The number of nitrogens with one attached hydrogen (secondary N) is 1. The molecule has 2 aromatic heterocycles. The van der Waals surface area contributed by atoms with Crippen LogP contribution in [-0.4, -0.2) is 25.0 Å². The Morgan fingerprint density at radius 1 is 1.19 bits per heavy atom. The molecule has 138 valence electrons. The molecule has 8 heteroatoms. The van der Waals surface area contributed by atoms with Gasteiger partial charge < -0.3 is 5.32 Å². The van der Waals surface area contributed by atoms with Crippen molar-refractivity contribution in [3.05, 3.63) is 33.0 Å². The van der Waals surface area contributed by atoms with E-state index in [0.717, 1.165) is 33.2 Å². The van der Waals surface area contributed by atoms with Crippen molar-refractivity contribution in [2.24, 2.45) is 5.92 Å². The smallest absolute Gasteiger partial charge is 0.184 e. The first-order chi connectivity index (χ1) is 12.5. The van der Waals surface area contributed by atoms with Gasteiger partial charge in [0.05, 0.1) is 5.69 Å². The Hall–Kier alpha value is -1.54. The van der Waals surface area contributed by atoms with Crippen molar-refractivity contribution >= 4 is 54.5 Å². The van der Waals surface area contributed by atoms with E-state index in [9.17, 15) is 0 Å². The number of aromatic nitrogens is 5. The van der Waals surface area contributed by atoms with Gasteiger partial charge >= 0.3 is 0 Å². The molecule has 0 aliphatic rings. The minimum atomic E-state index is 0.665. The van der Waals surface area contributed by atoms with Gasteiger partial charge in [0.2, 0.25) is 0 Å². The fraction of sp³-hybridized carbons (Fsp3) is 0.444. The zero-order chi connectivity index (χ0) is 18.7. The molecule has 0 amide bonds. The molecule has 0 saturated carbocycles. The van der Waals surface area contributed by atoms with Gasteiger partial charge in [0.15, 0.2) is 17.0 Å². The topological polar surface area (TPSA) is 68.5 Å². The van der Waals surface area contributed by atoms with Gasteiger partial charge in [-0.2, -0.15) is 0 Å². The fourth-order valence-corrected chi connectivity index (χ4v) is 4.05. The zero-order valence-corrected chi connectivity index (χ0v) is 18.3. The molecule has 1 aromatic carbocycles. The highest BCUT2D eigenvalue weighted by Gasteiger charge is 2.15. The first-order valence-electron chi connectivity index (χ1n) is 8.77. The monoisotopic (exact) mass is 480 g/mol. The van der Waals surface area contributed by atoms with Gasteiger partial charge in [-0.1, -0.05) is 47.8 Å². The maximum atomic E-state index is 4.57. The number of hydrogen-bond acceptors (Lipinski definition) is 5. The van der Waals surface area contributed by atoms with E-state index in [1.54, 1.807) is 0 Å². The quantitative estimate of drug-likeness (QED) is 0.473. The number of nitrogens with zero attached hydrogens (tertiary/aromatic N) is 5. The summed E-state index contributed by atoms with van der Waals surface area (Å²) in [5.41, 5.74) is 2.38. The molecule has 0 bridgehead atoms. The first-order valence-corrected chi connectivity index (χ1v) is 10.4. The third kappa shape index (κ3) is 4.40. The van der Waals surface area contributed by atoms with Crippen LogP contribution < -0.4 is 5.32 Å². The van der Waals surface area contributed by atoms with Crippen LogP contribution in [0.15, 0.2) is 27.1 Å². The average Bonchev–Trinajstić information content (AvgIpc) is 2.98. The first kappa shape index (κ1) is 19.2. The van der Waals surface area contributed by atoms with E-state index in [4.69, 9.17) is 0 Å². The maximum absolute atomic E-state index is 4.57. The lowest BCUT2D eigenvalue weighted by Gasteiger charge is -2.11. The minimum absolute atomic E-state index is 0.665. The summed E-state index contributed by atoms with van der Waals surface area (Å²) >= 11 is 7.04. The second kappa shape index (κ2) is 8.43. The maximum Gasteiger partial charge on any atom is 0.184 e. The Labute approximate surface area is 170 Å². The van der Waals surface area contributed by atoms with Crippen LogP contribution in [0.25, 0.3) is 11.2 Å². The van der Waals surface area contributed by atoms with Crippen LogP contribution in [0.5, 0.6) is 0 Å². The van der Waals surface area contributed by atoms with Crippen molar-refractivity contribution < 1.29 is 0 Å². The number of halogens is 2. The van der Waals surface area contributed by atoms with Gasteiger partial charge in [-0.3, -0.25) is 0 Å². The molecule has 26 heavy (non-hydrogen) atoms. The van der Waals surface area contributed by atoms with E-state index in [2.05, 4.69) is 71.3 Å². The SMILES string of the molecule is CCCC(C)CCn1nnc2c(Nc3ccc(Br)cc3Br)nc(C)nc21. The van der Waals surface area contributed by atoms with Crippen molar-refractivity contribution in [2.45, 2.75) is 46.6 Å². The molecule has 3 aromatic rings. The summed E-state index contributed by atoms with van der Waals surface area (Å²) in [7, 11) is 0. The average molecular weight is 482 g/mol. The molecule has 0 spiro atoms. The van der Waals surface area contributed by atoms with Gasteiger partial charge in [-0.25, -0.2) is 14.6 Å². The van der Waals surface area contributed by atoms with Gasteiger partial charge in [-0.15, -0.1) is 5.10 Å². The van der Waals surface area contributed by atoms with Crippen molar-refractivity contribution in [3.8, 4) is 0 Å². The zero-order valence-electron chi connectivity index (χ0n) is 15.1. The highest BCUT2D eigenvalue weighted by Crippen LogP contribution is 2.30. The highest BCUT2D eigenvalue weighted by atomic mass is 79.9. The van der Waals surface area contributed by atoms with E-state index >= 15 is 0 Å². The second-order valence-electron chi connectivity index (χ2n) is 6.54. The summed E-state index contributed by atoms with van der Waals surface area (Å²) < 4.78 is 3.83. The lowest BCUT2D eigenvalue weighted by molar-refractivity contribution is 0.430. The molecule has 0 aliphatic carbocycles. The van der Waals surface area contributed by atoms with Crippen molar-refractivity contribution in [2.75, 3.05) is 5.32 Å². The summed E-state index contributed by atoms with van der Waals surface area (Å²) in [6.45, 7) is 7.20. The molecule has 0 fully saturated rings. The van der Waals surface area contributed by atoms with Crippen LogP contribution in [0.2, 0.25) is 0 Å². The standard InChI is InChI=1S/C18H22Br2N6/c1-4-5-11(2)8-9-26-18-16(24-25-26)17(21-12(3)22-18)23-15-7-6-13(19)10-14(15)20/h6-7,10-11H,4-5,8-9H2,1-3H3,(H,21,22,23). The number of aryl methyl sites for hydroxylation is 2. The Bertz CT molecular complexity index is 908. The van der Waals surface area contributed by atoms with E-state index in [0.29, 0.717) is 23.1 Å². The van der Waals surface area contributed by atoms with Gasteiger partial charge in [0, 0.05) is 15.5 Å². The lowest BCUT2D eigenvalue weighted by atomic mass is 10.0. The van der Waals surface area contributed by atoms with Crippen LogP contribution in [0, 0.1) is 12.8 Å². The van der Waals surface area contributed by atoms with Crippen molar-refractivity contribution in [1.82, 2.24) is 25.0 Å². The van der Waals surface area contributed by atoms with Crippen LogP contribution in [0.1, 0.15) is 38.9 Å². The predicted octanol–water partition coefficient (Wildman–Crippen LogP) is 5.62. The number of anilines is 2. The summed E-state index contributed by atoms with van der Waals surface area (Å²) in [6.07, 6.45) is 3.50. The van der Waals surface area contributed by atoms with E-state index in [1.165, 1.54) is 12.8 Å². The third-order valence-electron chi connectivity index (χ3n) is 4.27. The third-order valence-corrected chi connectivity index (χ3v) is 5.42. The number of rotatable bonds is 7. The van der Waals surface area contributed by atoms with Crippen molar-refractivity contribution in [3.63, 3.8) is 0 Å². The Morgan fingerprint density at radius 3 is 2.73 bits per heavy atom. The Kier molecular flexibility index (Phi) is 6.24. The van der Waals surface area contributed by atoms with Gasteiger partial charge in [0.25, 0.3) is 0 Å². The fourth-order valence-electron chi connectivity index (χ4n) is 2.90. The summed E-state index contributed by atoms with van der Waals surface area (Å²) in [6, 6.07) is 5.94. The van der Waals surface area contributed by atoms with Crippen LogP contribution in [-0.2, 0) is 6.54 Å². The summed E-state index contributed by atoms with van der Waals surface area (Å²) in [4.78, 5) is 9.09. The number of hydrogen-bond donors (Lipinski definition) is 1. The number of benzene rings is 1. The van der Waals surface area contributed by atoms with E-state index < -0.39 is 0 Å². The molecule has 0 aliphatic heterocycles. The predicted molar refractivity (Wildman–Crippen MR) is 112 cm³/mol. The van der Waals surface area contributed by atoms with E-state index in [1.807, 2.05) is 29.8 Å². The van der Waals surface area contributed by atoms with Crippen molar-refractivity contribution in [1.29, 1.82) is 0 Å². The van der Waals surface area contributed by atoms with Crippen LogP contribution >= 0.6 is 31.9 Å². The molecule has 1 N–H and O–H groups in total.